The fraction of sp³-hybridized carbons (Fsp3) is 0.652. The molecule has 0 radical (unpaired) electrons. The Balaban J connectivity index is 1.32. The van der Waals surface area contributed by atoms with Crippen molar-refractivity contribution in [2.24, 2.45) is 23.7 Å². The molecule has 2 amide bonds. The highest BCUT2D eigenvalue weighted by atomic mass is 16.2. The predicted octanol–water partition coefficient (Wildman–Crippen LogP) is 3.71. The molecular weight excluding hydrogens is 336 g/mol. The number of benzene rings is 1. The van der Waals surface area contributed by atoms with E-state index in [1.54, 1.807) is 0 Å². The van der Waals surface area contributed by atoms with Gasteiger partial charge in [-0.15, -0.1) is 0 Å². The molecule has 5 aliphatic rings. The second-order valence-electron chi connectivity index (χ2n) is 9.46. The average molecular weight is 367 g/mol. The van der Waals surface area contributed by atoms with Gasteiger partial charge in [0.2, 0.25) is 5.91 Å². The van der Waals surface area contributed by atoms with E-state index in [1.165, 1.54) is 32.1 Å². The predicted molar refractivity (Wildman–Crippen MR) is 104 cm³/mol. The molecule has 0 aromatic heterocycles. The van der Waals surface area contributed by atoms with E-state index in [2.05, 4.69) is 4.90 Å². The van der Waals surface area contributed by atoms with E-state index < -0.39 is 0 Å². The zero-order valence-corrected chi connectivity index (χ0v) is 16.3. The van der Waals surface area contributed by atoms with Crippen LogP contribution in [0.25, 0.3) is 0 Å². The number of rotatable bonds is 4. The lowest BCUT2D eigenvalue weighted by Gasteiger charge is -2.56. The average Bonchev–Trinajstić information content (AvgIpc) is 3.05. The number of carbonyl (C=O) groups is 2. The quantitative estimate of drug-likeness (QED) is 0.815. The molecule has 6 rings (SSSR count). The molecule has 4 bridgehead atoms. The van der Waals surface area contributed by atoms with Crippen molar-refractivity contribution in [3.63, 3.8) is 0 Å². The smallest absolute Gasteiger partial charge is 0.253 e. The van der Waals surface area contributed by atoms with Crippen LogP contribution < -0.4 is 0 Å². The zero-order valence-electron chi connectivity index (χ0n) is 16.3. The van der Waals surface area contributed by atoms with Crippen molar-refractivity contribution in [2.45, 2.75) is 57.5 Å². The summed E-state index contributed by atoms with van der Waals surface area (Å²) in [6.45, 7) is 1.46. The molecule has 1 aromatic rings. The molecule has 1 saturated heterocycles. The molecule has 4 nitrogen and oxygen atoms in total. The number of amides is 2. The lowest BCUT2D eigenvalue weighted by atomic mass is 9.54. The van der Waals surface area contributed by atoms with E-state index in [1.807, 2.05) is 36.2 Å². The topological polar surface area (TPSA) is 40.6 Å². The van der Waals surface area contributed by atoms with Crippen LogP contribution in [0, 0.1) is 23.7 Å². The van der Waals surface area contributed by atoms with E-state index >= 15 is 0 Å². The van der Waals surface area contributed by atoms with Crippen molar-refractivity contribution >= 4 is 11.8 Å². The van der Waals surface area contributed by atoms with Crippen molar-refractivity contribution in [1.29, 1.82) is 0 Å². The van der Waals surface area contributed by atoms with Gasteiger partial charge in [0, 0.05) is 38.2 Å². The van der Waals surface area contributed by atoms with Crippen LogP contribution in [-0.4, -0.2) is 41.2 Å². The lowest BCUT2D eigenvalue weighted by molar-refractivity contribution is -0.128. The third-order valence-corrected chi connectivity index (χ3v) is 7.66. The van der Waals surface area contributed by atoms with Crippen LogP contribution in [0.2, 0.25) is 0 Å². The third-order valence-electron chi connectivity index (χ3n) is 7.66. The second kappa shape index (κ2) is 6.65. The minimum atomic E-state index is 0.155. The van der Waals surface area contributed by atoms with Gasteiger partial charge >= 0.3 is 0 Å². The van der Waals surface area contributed by atoms with E-state index in [-0.39, 0.29) is 11.8 Å². The summed E-state index contributed by atoms with van der Waals surface area (Å²) < 4.78 is 0. The van der Waals surface area contributed by atoms with Crippen molar-refractivity contribution in [2.75, 3.05) is 13.6 Å². The van der Waals surface area contributed by atoms with Gasteiger partial charge in [-0.25, -0.2) is 0 Å². The SMILES string of the molecule is CN(C(=O)c1cccc(CN2CCCC2=O)c1)C1C2CC3CC(C2)CC1C3. The van der Waals surface area contributed by atoms with E-state index in [0.29, 0.717) is 30.8 Å². The Labute approximate surface area is 161 Å². The molecule has 144 valence electrons. The van der Waals surface area contributed by atoms with Gasteiger partial charge in [-0.3, -0.25) is 9.59 Å². The summed E-state index contributed by atoms with van der Waals surface area (Å²) in [4.78, 5) is 29.1. The summed E-state index contributed by atoms with van der Waals surface area (Å²) in [6, 6.07) is 8.36. The number of likely N-dealkylation sites (tertiary alicyclic amines) is 1. The second-order valence-corrected chi connectivity index (χ2v) is 9.46. The Morgan fingerprint density at radius 3 is 2.44 bits per heavy atom. The minimum absolute atomic E-state index is 0.155. The van der Waals surface area contributed by atoms with Crippen molar-refractivity contribution in [3.05, 3.63) is 35.4 Å². The van der Waals surface area contributed by atoms with Crippen molar-refractivity contribution < 1.29 is 9.59 Å². The van der Waals surface area contributed by atoms with Gasteiger partial charge in [0.05, 0.1) is 0 Å². The maximum Gasteiger partial charge on any atom is 0.253 e. The van der Waals surface area contributed by atoms with Gasteiger partial charge < -0.3 is 9.80 Å². The van der Waals surface area contributed by atoms with Crippen LogP contribution in [0.1, 0.15) is 60.9 Å². The summed E-state index contributed by atoms with van der Waals surface area (Å²) in [6.07, 6.45) is 8.35. The number of carbonyl (C=O) groups excluding carboxylic acids is 2. The largest absolute Gasteiger partial charge is 0.338 e. The Hall–Kier alpha value is -1.84. The molecule has 0 N–H and O–H groups in total. The molecular formula is C23H30N2O2. The first-order valence-corrected chi connectivity index (χ1v) is 10.7. The van der Waals surface area contributed by atoms with Gasteiger partial charge in [0.1, 0.15) is 0 Å². The molecule has 4 heteroatoms. The molecule has 0 unspecified atom stereocenters. The van der Waals surface area contributed by atoms with Crippen molar-refractivity contribution in [3.8, 4) is 0 Å². The number of hydrogen-bond donors (Lipinski definition) is 0. The first-order chi connectivity index (χ1) is 13.1. The fourth-order valence-electron chi connectivity index (χ4n) is 6.76. The maximum atomic E-state index is 13.3. The molecule has 27 heavy (non-hydrogen) atoms. The van der Waals surface area contributed by atoms with Crippen LogP contribution in [0.3, 0.4) is 0 Å². The monoisotopic (exact) mass is 366 g/mol. The summed E-state index contributed by atoms with van der Waals surface area (Å²) in [5, 5.41) is 0. The van der Waals surface area contributed by atoms with Gasteiger partial charge in [0.15, 0.2) is 0 Å². The Morgan fingerprint density at radius 1 is 1.11 bits per heavy atom. The molecule has 0 spiro atoms. The van der Waals surface area contributed by atoms with Gasteiger partial charge in [0.25, 0.3) is 5.91 Å². The molecule has 1 aliphatic heterocycles. The summed E-state index contributed by atoms with van der Waals surface area (Å²) in [5.74, 6) is 3.66. The Bertz CT molecular complexity index is 731. The van der Waals surface area contributed by atoms with E-state index in [0.717, 1.165) is 35.9 Å². The van der Waals surface area contributed by atoms with Crippen LogP contribution in [-0.2, 0) is 11.3 Å². The summed E-state index contributed by atoms with van der Waals surface area (Å²) in [5.41, 5.74) is 1.84. The lowest BCUT2D eigenvalue weighted by Crippen LogP contribution is -2.56. The first-order valence-electron chi connectivity index (χ1n) is 10.7. The maximum absolute atomic E-state index is 13.3. The summed E-state index contributed by atoms with van der Waals surface area (Å²) in [7, 11) is 2.02. The molecule has 4 saturated carbocycles. The minimum Gasteiger partial charge on any atom is -0.338 e. The standard InChI is InChI=1S/C23H30N2O2/c1-24(22-19-10-16-8-17(12-19)13-20(22)11-16)23(27)18-5-2-4-15(9-18)14-25-7-3-6-21(25)26/h2,4-5,9,16-17,19-20,22H,3,6-8,10-14H2,1H3. The fourth-order valence-corrected chi connectivity index (χ4v) is 6.76. The molecule has 4 aliphatic carbocycles. The highest BCUT2D eigenvalue weighted by Gasteiger charge is 2.50. The van der Waals surface area contributed by atoms with Gasteiger partial charge in [-0.1, -0.05) is 12.1 Å². The number of nitrogens with zero attached hydrogens (tertiary/aromatic N) is 2. The Morgan fingerprint density at radius 2 is 1.81 bits per heavy atom. The van der Waals surface area contributed by atoms with E-state index in [9.17, 15) is 9.59 Å². The van der Waals surface area contributed by atoms with Crippen LogP contribution >= 0.6 is 0 Å². The summed E-state index contributed by atoms with van der Waals surface area (Å²) >= 11 is 0. The van der Waals surface area contributed by atoms with Crippen LogP contribution in [0.15, 0.2) is 24.3 Å². The molecule has 1 heterocycles. The molecule has 0 atom stereocenters. The van der Waals surface area contributed by atoms with E-state index in [4.69, 9.17) is 0 Å². The normalized spacial score (nSPS) is 34.3. The van der Waals surface area contributed by atoms with Gasteiger partial charge in [-0.05, 0) is 79.9 Å². The van der Waals surface area contributed by atoms with Crippen LogP contribution in [0.5, 0.6) is 0 Å². The highest BCUT2D eigenvalue weighted by molar-refractivity contribution is 5.94. The number of hydrogen-bond acceptors (Lipinski definition) is 2. The van der Waals surface area contributed by atoms with Gasteiger partial charge in [-0.2, -0.15) is 0 Å². The molecule has 5 fully saturated rings. The molecule has 1 aromatic carbocycles. The Kier molecular flexibility index (Phi) is 4.25. The zero-order chi connectivity index (χ0) is 18.5. The first kappa shape index (κ1) is 17.3. The van der Waals surface area contributed by atoms with Crippen molar-refractivity contribution in [1.82, 2.24) is 9.80 Å². The highest BCUT2D eigenvalue weighted by Crippen LogP contribution is 2.55. The third kappa shape index (κ3) is 3.07. The van der Waals surface area contributed by atoms with Crippen LogP contribution in [0.4, 0.5) is 0 Å².